The number of hydrogen-bond donors (Lipinski definition) is 1. The normalized spacial score (nSPS) is 22.6. The predicted molar refractivity (Wildman–Crippen MR) is 72.3 cm³/mol. The number of nitrogens with one attached hydrogen (secondary N) is 1. The lowest BCUT2D eigenvalue weighted by Crippen LogP contribution is -2.25. The highest BCUT2D eigenvalue weighted by atomic mass is 16.5. The zero-order valence-corrected chi connectivity index (χ0v) is 11.9. The Morgan fingerprint density at radius 3 is 2.95 bits per heavy atom. The van der Waals surface area contributed by atoms with Crippen molar-refractivity contribution < 1.29 is 9.26 Å². The molecule has 3 heterocycles. The molecule has 0 bridgehead atoms. The van der Waals surface area contributed by atoms with Crippen LogP contribution in [0.5, 0.6) is 0 Å². The molecule has 1 fully saturated rings. The number of aryl methyl sites for hydroxylation is 1. The molecule has 20 heavy (non-hydrogen) atoms. The van der Waals surface area contributed by atoms with Crippen LogP contribution >= 0.6 is 0 Å². The molecule has 1 N–H and O–H groups in total. The molecule has 0 saturated carbocycles. The van der Waals surface area contributed by atoms with E-state index in [0.717, 1.165) is 12.2 Å². The van der Waals surface area contributed by atoms with Crippen molar-refractivity contribution in [3.05, 3.63) is 24.0 Å². The van der Waals surface area contributed by atoms with Crippen molar-refractivity contribution in [3.8, 4) is 0 Å². The van der Waals surface area contributed by atoms with Crippen LogP contribution in [0.1, 0.15) is 43.9 Å². The van der Waals surface area contributed by atoms with Crippen molar-refractivity contribution >= 4 is 6.01 Å². The predicted octanol–water partition coefficient (Wildman–Crippen LogP) is 1.87. The Kier molecular flexibility index (Phi) is 3.43. The molecule has 7 heteroatoms. The molecule has 1 aliphatic heterocycles. The van der Waals surface area contributed by atoms with Crippen LogP contribution in [0.3, 0.4) is 0 Å². The maximum Gasteiger partial charge on any atom is 0.321 e. The third-order valence-corrected chi connectivity index (χ3v) is 3.47. The van der Waals surface area contributed by atoms with Gasteiger partial charge in [-0.1, -0.05) is 19.0 Å². The maximum absolute atomic E-state index is 5.78. The van der Waals surface area contributed by atoms with Gasteiger partial charge in [-0.05, 0) is 6.42 Å². The third-order valence-electron chi connectivity index (χ3n) is 3.47. The first-order valence-electron chi connectivity index (χ1n) is 6.84. The summed E-state index contributed by atoms with van der Waals surface area (Å²) in [5.74, 6) is 1.86. The molecule has 0 unspecified atom stereocenters. The third kappa shape index (κ3) is 2.40. The van der Waals surface area contributed by atoms with Gasteiger partial charge in [-0.15, -0.1) is 0 Å². The molecule has 108 valence electrons. The summed E-state index contributed by atoms with van der Waals surface area (Å²) in [6.07, 6.45) is 4.48. The van der Waals surface area contributed by atoms with Crippen LogP contribution in [0, 0.1) is 0 Å². The Balaban J connectivity index is 1.74. The molecular formula is C13H19N5O2. The van der Waals surface area contributed by atoms with E-state index >= 15 is 0 Å². The van der Waals surface area contributed by atoms with Crippen LogP contribution in [-0.4, -0.2) is 32.3 Å². The first-order chi connectivity index (χ1) is 9.65. The fourth-order valence-electron chi connectivity index (χ4n) is 2.33. The Labute approximate surface area is 117 Å². The number of imidazole rings is 1. The van der Waals surface area contributed by atoms with E-state index in [9.17, 15) is 0 Å². The Morgan fingerprint density at radius 1 is 1.45 bits per heavy atom. The van der Waals surface area contributed by atoms with Crippen molar-refractivity contribution in [1.29, 1.82) is 0 Å². The first-order valence-corrected chi connectivity index (χ1v) is 6.84. The minimum Gasteiger partial charge on any atom is -0.368 e. The van der Waals surface area contributed by atoms with Gasteiger partial charge in [-0.25, -0.2) is 4.98 Å². The Hall–Kier alpha value is -1.89. The molecular weight excluding hydrogens is 258 g/mol. The second kappa shape index (κ2) is 5.24. The SMILES string of the molecule is CC(C)c1noc(N[C@H]2CCO[C@@H]2c2nccn2C)n1. The van der Waals surface area contributed by atoms with Crippen molar-refractivity contribution in [2.45, 2.75) is 38.3 Å². The van der Waals surface area contributed by atoms with Crippen molar-refractivity contribution in [3.63, 3.8) is 0 Å². The standard InChI is InChI=1S/C13H19N5O2/c1-8(2)11-16-13(20-17-11)15-9-4-7-19-10(9)12-14-5-6-18(12)3/h5-6,8-10H,4,7H2,1-3H3,(H,15,16,17)/t9-,10-/m0/s1. The summed E-state index contributed by atoms with van der Waals surface area (Å²) in [5.41, 5.74) is 0. The van der Waals surface area contributed by atoms with Gasteiger partial charge in [-0.2, -0.15) is 4.98 Å². The molecule has 1 aliphatic rings. The van der Waals surface area contributed by atoms with Gasteiger partial charge in [0.1, 0.15) is 11.9 Å². The zero-order valence-electron chi connectivity index (χ0n) is 11.9. The lowest BCUT2D eigenvalue weighted by Gasteiger charge is -2.18. The number of anilines is 1. The number of aromatic nitrogens is 4. The quantitative estimate of drug-likeness (QED) is 0.919. The first kappa shape index (κ1) is 13.1. The van der Waals surface area contributed by atoms with E-state index in [2.05, 4.69) is 20.4 Å². The summed E-state index contributed by atoms with van der Waals surface area (Å²) in [6, 6.07) is 0.542. The molecule has 0 spiro atoms. The molecule has 2 aromatic heterocycles. The molecule has 0 aromatic carbocycles. The van der Waals surface area contributed by atoms with E-state index in [4.69, 9.17) is 9.26 Å². The van der Waals surface area contributed by atoms with Crippen molar-refractivity contribution in [1.82, 2.24) is 19.7 Å². The maximum atomic E-state index is 5.78. The summed E-state index contributed by atoms with van der Waals surface area (Å²) in [5, 5.41) is 7.22. The largest absolute Gasteiger partial charge is 0.368 e. The highest BCUT2D eigenvalue weighted by Crippen LogP contribution is 2.30. The monoisotopic (exact) mass is 277 g/mol. The Morgan fingerprint density at radius 2 is 2.30 bits per heavy atom. The van der Waals surface area contributed by atoms with Gasteiger partial charge in [0.05, 0.1) is 6.04 Å². The molecule has 2 aromatic rings. The smallest absolute Gasteiger partial charge is 0.321 e. The molecule has 2 atom stereocenters. The molecule has 7 nitrogen and oxygen atoms in total. The average molecular weight is 277 g/mol. The summed E-state index contributed by atoms with van der Waals surface area (Å²) in [6.45, 7) is 4.76. The highest BCUT2D eigenvalue weighted by Gasteiger charge is 2.33. The molecule has 0 amide bonds. The number of nitrogens with zero attached hydrogens (tertiary/aromatic N) is 4. The second-order valence-corrected chi connectivity index (χ2v) is 5.34. The minimum atomic E-state index is -0.0931. The van der Waals surface area contributed by atoms with E-state index in [0.29, 0.717) is 18.4 Å². The number of ether oxygens (including phenoxy) is 1. The van der Waals surface area contributed by atoms with E-state index in [1.54, 1.807) is 6.20 Å². The molecule has 0 radical (unpaired) electrons. The summed E-state index contributed by atoms with van der Waals surface area (Å²) in [4.78, 5) is 8.69. The summed E-state index contributed by atoms with van der Waals surface area (Å²) >= 11 is 0. The van der Waals surface area contributed by atoms with Gasteiger partial charge >= 0.3 is 6.01 Å². The molecule has 1 saturated heterocycles. The zero-order chi connectivity index (χ0) is 14.1. The van der Waals surface area contributed by atoms with Crippen molar-refractivity contribution in [2.75, 3.05) is 11.9 Å². The Bertz CT molecular complexity index is 577. The van der Waals surface area contributed by atoms with Crippen LogP contribution in [0.2, 0.25) is 0 Å². The minimum absolute atomic E-state index is 0.0931. The van der Waals surface area contributed by atoms with E-state index in [1.807, 2.05) is 31.7 Å². The van der Waals surface area contributed by atoms with Gasteiger partial charge in [0, 0.05) is 32.0 Å². The van der Waals surface area contributed by atoms with Crippen LogP contribution < -0.4 is 5.32 Å². The van der Waals surface area contributed by atoms with Crippen LogP contribution in [0.15, 0.2) is 16.9 Å². The van der Waals surface area contributed by atoms with Gasteiger partial charge < -0.3 is 19.1 Å². The number of hydrogen-bond acceptors (Lipinski definition) is 6. The van der Waals surface area contributed by atoms with Gasteiger partial charge in [0.15, 0.2) is 5.82 Å². The summed E-state index contributed by atoms with van der Waals surface area (Å²) in [7, 11) is 1.96. The van der Waals surface area contributed by atoms with Gasteiger partial charge in [0.2, 0.25) is 0 Å². The van der Waals surface area contributed by atoms with E-state index in [1.165, 1.54) is 0 Å². The van der Waals surface area contributed by atoms with Gasteiger partial charge in [-0.3, -0.25) is 0 Å². The number of rotatable bonds is 4. The van der Waals surface area contributed by atoms with Crippen molar-refractivity contribution in [2.24, 2.45) is 7.05 Å². The van der Waals surface area contributed by atoms with Crippen LogP contribution in [0.25, 0.3) is 0 Å². The van der Waals surface area contributed by atoms with Gasteiger partial charge in [0.25, 0.3) is 0 Å². The fraction of sp³-hybridized carbons (Fsp3) is 0.615. The molecule has 0 aliphatic carbocycles. The topological polar surface area (TPSA) is 78.0 Å². The summed E-state index contributed by atoms with van der Waals surface area (Å²) < 4.78 is 13.0. The van der Waals surface area contributed by atoms with Crippen LogP contribution in [0.4, 0.5) is 6.01 Å². The highest BCUT2D eigenvalue weighted by molar-refractivity contribution is 5.24. The fourth-order valence-corrected chi connectivity index (χ4v) is 2.33. The lowest BCUT2D eigenvalue weighted by atomic mass is 10.1. The average Bonchev–Trinajstić information content (AvgIpc) is 3.10. The second-order valence-electron chi connectivity index (χ2n) is 5.34. The molecule has 3 rings (SSSR count). The van der Waals surface area contributed by atoms with E-state index < -0.39 is 0 Å². The van der Waals surface area contributed by atoms with E-state index in [-0.39, 0.29) is 18.1 Å². The van der Waals surface area contributed by atoms with Crippen LogP contribution in [-0.2, 0) is 11.8 Å². The lowest BCUT2D eigenvalue weighted by molar-refractivity contribution is 0.0979.